The summed E-state index contributed by atoms with van der Waals surface area (Å²) < 4.78 is 5.01. The van der Waals surface area contributed by atoms with Crippen LogP contribution in [0.5, 0.6) is 0 Å². The molecule has 0 saturated heterocycles. The number of esters is 1. The Morgan fingerprint density at radius 2 is 1.50 bits per heavy atom. The molecule has 1 amide bonds. The number of rotatable bonds is 4. The highest BCUT2D eigenvalue weighted by atomic mass is 16.5. The molecule has 0 aliphatic heterocycles. The van der Waals surface area contributed by atoms with Crippen molar-refractivity contribution in [3.05, 3.63) is 64.7 Å². The summed E-state index contributed by atoms with van der Waals surface area (Å²) in [4.78, 5) is 23.7. The van der Waals surface area contributed by atoms with Crippen molar-refractivity contribution in [3.8, 4) is 0 Å². The quantitative estimate of drug-likeness (QED) is 0.880. The third-order valence-electron chi connectivity index (χ3n) is 3.13. The standard InChI is InChI=1S/C18H19NO3/c1-12-4-6-15(7-5-12)18(21)22-11-17(20)19-16-9-13(2)8-14(3)10-16/h4-10H,11H2,1-3H3,(H,19,20). The first kappa shape index (κ1) is 15.8. The summed E-state index contributed by atoms with van der Waals surface area (Å²) in [5, 5.41) is 2.72. The molecule has 0 aliphatic carbocycles. The number of hydrogen-bond acceptors (Lipinski definition) is 3. The van der Waals surface area contributed by atoms with Crippen molar-refractivity contribution in [2.24, 2.45) is 0 Å². The molecule has 0 aliphatic rings. The number of nitrogens with one attached hydrogen (secondary N) is 1. The van der Waals surface area contributed by atoms with E-state index in [1.54, 1.807) is 12.1 Å². The van der Waals surface area contributed by atoms with Crippen molar-refractivity contribution in [3.63, 3.8) is 0 Å². The van der Waals surface area contributed by atoms with E-state index in [1.165, 1.54) is 0 Å². The molecular formula is C18H19NO3. The number of carbonyl (C=O) groups is 2. The van der Waals surface area contributed by atoms with Gasteiger partial charge in [0.2, 0.25) is 0 Å². The average molecular weight is 297 g/mol. The minimum absolute atomic E-state index is 0.306. The minimum Gasteiger partial charge on any atom is -0.452 e. The lowest BCUT2D eigenvalue weighted by Crippen LogP contribution is -2.21. The lowest BCUT2D eigenvalue weighted by atomic mass is 10.1. The van der Waals surface area contributed by atoms with Crippen molar-refractivity contribution >= 4 is 17.6 Å². The van der Waals surface area contributed by atoms with Gasteiger partial charge < -0.3 is 10.1 Å². The predicted octanol–water partition coefficient (Wildman–Crippen LogP) is 3.41. The van der Waals surface area contributed by atoms with Gasteiger partial charge in [-0.25, -0.2) is 4.79 Å². The topological polar surface area (TPSA) is 55.4 Å². The molecule has 0 bridgehead atoms. The maximum absolute atomic E-state index is 11.8. The van der Waals surface area contributed by atoms with Gasteiger partial charge in [-0.2, -0.15) is 0 Å². The molecule has 4 heteroatoms. The highest BCUT2D eigenvalue weighted by Gasteiger charge is 2.10. The van der Waals surface area contributed by atoms with E-state index < -0.39 is 5.97 Å². The summed E-state index contributed by atoms with van der Waals surface area (Å²) >= 11 is 0. The molecule has 0 radical (unpaired) electrons. The van der Waals surface area contributed by atoms with E-state index in [0.29, 0.717) is 11.3 Å². The zero-order valence-electron chi connectivity index (χ0n) is 13.0. The highest BCUT2D eigenvalue weighted by Crippen LogP contribution is 2.13. The van der Waals surface area contributed by atoms with Crippen LogP contribution in [0.2, 0.25) is 0 Å². The molecule has 0 atom stereocenters. The number of ether oxygens (including phenoxy) is 1. The van der Waals surface area contributed by atoms with E-state index in [1.807, 2.05) is 51.1 Å². The second-order valence-corrected chi connectivity index (χ2v) is 5.37. The summed E-state index contributed by atoms with van der Waals surface area (Å²) in [7, 11) is 0. The Morgan fingerprint density at radius 1 is 0.909 bits per heavy atom. The number of amides is 1. The van der Waals surface area contributed by atoms with Gasteiger partial charge in [-0.3, -0.25) is 4.79 Å². The smallest absolute Gasteiger partial charge is 0.338 e. The number of benzene rings is 2. The molecule has 0 fully saturated rings. The van der Waals surface area contributed by atoms with Crippen LogP contribution in [0.25, 0.3) is 0 Å². The summed E-state index contributed by atoms with van der Waals surface area (Å²) in [6.07, 6.45) is 0. The molecule has 4 nitrogen and oxygen atoms in total. The van der Waals surface area contributed by atoms with Crippen molar-refractivity contribution in [2.75, 3.05) is 11.9 Å². The number of aryl methyl sites for hydroxylation is 3. The fraction of sp³-hybridized carbons (Fsp3) is 0.222. The molecule has 2 aromatic rings. The Morgan fingerprint density at radius 3 is 2.09 bits per heavy atom. The van der Waals surface area contributed by atoms with Gasteiger partial charge in [0.15, 0.2) is 6.61 Å². The van der Waals surface area contributed by atoms with Gasteiger partial charge >= 0.3 is 5.97 Å². The molecule has 114 valence electrons. The Bertz CT molecular complexity index is 670. The molecule has 0 unspecified atom stereocenters. The van der Waals surface area contributed by atoms with Crippen molar-refractivity contribution in [1.29, 1.82) is 0 Å². The first-order chi connectivity index (χ1) is 10.4. The van der Waals surface area contributed by atoms with Crippen LogP contribution in [0.1, 0.15) is 27.0 Å². The Hall–Kier alpha value is -2.62. The van der Waals surface area contributed by atoms with Gasteiger partial charge in [0, 0.05) is 5.69 Å². The van der Waals surface area contributed by atoms with Crippen LogP contribution in [0.3, 0.4) is 0 Å². The normalized spacial score (nSPS) is 10.1. The van der Waals surface area contributed by atoms with E-state index in [9.17, 15) is 9.59 Å². The summed E-state index contributed by atoms with van der Waals surface area (Å²) in [5.41, 5.74) is 4.32. The highest BCUT2D eigenvalue weighted by molar-refractivity contribution is 5.95. The second kappa shape index (κ2) is 6.89. The maximum Gasteiger partial charge on any atom is 0.338 e. The Balaban J connectivity index is 1.89. The molecule has 0 heterocycles. The monoisotopic (exact) mass is 297 g/mol. The fourth-order valence-electron chi connectivity index (χ4n) is 2.15. The zero-order chi connectivity index (χ0) is 16.1. The van der Waals surface area contributed by atoms with Gasteiger partial charge in [0.25, 0.3) is 5.91 Å². The van der Waals surface area contributed by atoms with Gasteiger partial charge in [-0.1, -0.05) is 23.8 Å². The minimum atomic E-state index is -0.504. The number of carbonyl (C=O) groups excluding carboxylic acids is 2. The summed E-state index contributed by atoms with van der Waals surface area (Å²) in [5.74, 6) is -0.860. The lowest BCUT2D eigenvalue weighted by Gasteiger charge is -2.08. The Labute approximate surface area is 130 Å². The molecule has 0 saturated carbocycles. The van der Waals surface area contributed by atoms with E-state index in [4.69, 9.17) is 4.74 Å². The summed E-state index contributed by atoms with van der Waals surface area (Å²) in [6, 6.07) is 12.8. The zero-order valence-corrected chi connectivity index (χ0v) is 13.0. The van der Waals surface area contributed by atoms with Crippen LogP contribution in [0.15, 0.2) is 42.5 Å². The van der Waals surface area contributed by atoms with Crippen LogP contribution in [0, 0.1) is 20.8 Å². The first-order valence-electron chi connectivity index (χ1n) is 7.06. The van der Waals surface area contributed by atoms with Gasteiger partial charge in [-0.05, 0) is 56.2 Å². The molecule has 22 heavy (non-hydrogen) atoms. The van der Waals surface area contributed by atoms with Gasteiger partial charge in [0.1, 0.15) is 0 Å². The van der Waals surface area contributed by atoms with Crippen LogP contribution in [-0.4, -0.2) is 18.5 Å². The maximum atomic E-state index is 11.8. The van der Waals surface area contributed by atoms with E-state index in [2.05, 4.69) is 5.32 Å². The van der Waals surface area contributed by atoms with E-state index >= 15 is 0 Å². The number of hydrogen-bond donors (Lipinski definition) is 1. The predicted molar refractivity (Wildman–Crippen MR) is 86.0 cm³/mol. The van der Waals surface area contributed by atoms with Crippen LogP contribution >= 0.6 is 0 Å². The molecular weight excluding hydrogens is 278 g/mol. The van der Waals surface area contributed by atoms with Crippen molar-refractivity contribution in [2.45, 2.75) is 20.8 Å². The molecule has 1 N–H and O–H groups in total. The fourth-order valence-corrected chi connectivity index (χ4v) is 2.15. The average Bonchev–Trinajstić information content (AvgIpc) is 2.44. The van der Waals surface area contributed by atoms with E-state index in [0.717, 1.165) is 16.7 Å². The third kappa shape index (κ3) is 4.45. The molecule has 0 spiro atoms. The third-order valence-corrected chi connectivity index (χ3v) is 3.13. The van der Waals surface area contributed by atoms with Crippen LogP contribution < -0.4 is 5.32 Å². The second-order valence-electron chi connectivity index (χ2n) is 5.37. The van der Waals surface area contributed by atoms with E-state index in [-0.39, 0.29) is 12.5 Å². The van der Waals surface area contributed by atoms with Crippen LogP contribution in [0.4, 0.5) is 5.69 Å². The van der Waals surface area contributed by atoms with Crippen LogP contribution in [-0.2, 0) is 9.53 Å². The molecule has 0 aromatic heterocycles. The molecule has 2 rings (SSSR count). The molecule has 2 aromatic carbocycles. The SMILES string of the molecule is Cc1ccc(C(=O)OCC(=O)Nc2cc(C)cc(C)c2)cc1. The largest absolute Gasteiger partial charge is 0.452 e. The van der Waals surface area contributed by atoms with Gasteiger partial charge in [0.05, 0.1) is 5.56 Å². The number of anilines is 1. The lowest BCUT2D eigenvalue weighted by molar-refractivity contribution is -0.119. The van der Waals surface area contributed by atoms with Gasteiger partial charge in [-0.15, -0.1) is 0 Å². The first-order valence-corrected chi connectivity index (χ1v) is 7.06. The van der Waals surface area contributed by atoms with Crippen molar-refractivity contribution < 1.29 is 14.3 Å². The Kier molecular flexibility index (Phi) is 4.94. The van der Waals surface area contributed by atoms with Crippen molar-refractivity contribution in [1.82, 2.24) is 0 Å². The summed E-state index contributed by atoms with van der Waals surface area (Å²) in [6.45, 7) is 5.55.